The van der Waals surface area contributed by atoms with Crippen LogP contribution in [0.3, 0.4) is 0 Å². The molecule has 4 rings (SSSR count). The van der Waals surface area contributed by atoms with Crippen LogP contribution in [-0.2, 0) is 20.7 Å². The van der Waals surface area contributed by atoms with Gasteiger partial charge in [0.2, 0.25) is 0 Å². The number of rotatable bonds is 8. The number of hydrogen-bond acceptors (Lipinski definition) is 8. The molecule has 1 atom stereocenters. The van der Waals surface area contributed by atoms with Gasteiger partial charge in [0.25, 0.3) is 5.91 Å². The lowest BCUT2D eigenvalue weighted by molar-refractivity contribution is -0.199. The van der Waals surface area contributed by atoms with Crippen LogP contribution in [0.1, 0.15) is 18.4 Å². The number of phenolic OH excluding ortho intramolecular Hbond substituents is 1. The van der Waals surface area contributed by atoms with Gasteiger partial charge in [0.05, 0.1) is 10.7 Å². The van der Waals surface area contributed by atoms with E-state index in [1.54, 1.807) is 0 Å². The number of carbonyl (C=O) groups excluding carboxylic acids is 2. The van der Waals surface area contributed by atoms with Crippen molar-refractivity contribution in [2.75, 3.05) is 38.2 Å². The molecular weight excluding hydrogens is 533 g/mol. The number of phenols is 1. The van der Waals surface area contributed by atoms with Gasteiger partial charge in [-0.15, -0.1) is 0 Å². The second kappa shape index (κ2) is 11.3. The van der Waals surface area contributed by atoms with Gasteiger partial charge in [0.1, 0.15) is 35.6 Å². The Labute approximate surface area is 221 Å². The van der Waals surface area contributed by atoms with Crippen molar-refractivity contribution < 1.29 is 47.2 Å². The van der Waals surface area contributed by atoms with Gasteiger partial charge >= 0.3 is 12.1 Å². The summed E-state index contributed by atoms with van der Waals surface area (Å²) in [7, 11) is 0. The highest BCUT2D eigenvalue weighted by molar-refractivity contribution is 6.32. The minimum Gasteiger partial charge on any atom is -0.506 e. The summed E-state index contributed by atoms with van der Waals surface area (Å²) in [6, 6.07) is 10.2. The van der Waals surface area contributed by atoms with Crippen molar-refractivity contribution >= 4 is 29.2 Å². The normalized spacial score (nSPS) is 17.4. The van der Waals surface area contributed by atoms with E-state index in [0.717, 1.165) is 37.1 Å². The molecule has 0 aromatic heterocycles. The molecule has 1 amide bonds. The van der Waals surface area contributed by atoms with Crippen molar-refractivity contribution in [1.29, 1.82) is 0 Å². The van der Waals surface area contributed by atoms with E-state index in [2.05, 4.69) is 21.0 Å². The lowest BCUT2D eigenvalue weighted by Gasteiger charge is -2.39. The first-order valence-electron chi connectivity index (χ1n) is 11.8. The second-order valence-corrected chi connectivity index (χ2v) is 9.66. The molecule has 0 unspecified atom stereocenters. The first kappa shape index (κ1) is 27.8. The van der Waals surface area contributed by atoms with Crippen LogP contribution in [0, 0.1) is 0 Å². The van der Waals surface area contributed by atoms with E-state index in [9.17, 15) is 33.0 Å². The molecular formula is C25H26ClF3N2O7. The SMILES string of the molecule is O=C(COC(=O)C(F)(F)F)Nc1cc(Cl)c(O)cc1OC[C@H](O)CN1CCC2(CC1)Cc1ccccc1O2. The highest BCUT2D eigenvalue weighted by atomic mass is 35.5. The third-order valence-corrected chi connectivity index (χ3v) is 6.67. The summed E-state index contributed by atoms with van der Waals surface area (Å²) >= 11 is 5.87. The lowest BCUT2D eigenvalue weighted by Crippen LogP contribution is -2.49. The Bertz CT molecular complexity index is 1160. The van der Waals surface area contributed by atoms with Crippen molar-refractivity contribution in [3.63, 3.8) is 0 Å². The number of hydrogen-bond donors (Lipinski definition) is 3. The minimum atomic E-state index is -5.24. The van der Waals surface area contributed by atoms with Crippen molar-refractivity contribution in [2.45, 2.75) is 37.1 Å². The number of β-amino-alcohol motifs (C(OH)–C–C–N with tert-alkyl or cyclic N) is 1. The number of aliphatic hydroxyl groups is 1. The monoisotopic (exact) mass is 558 g/mol. The number of halogens is 4. The Balaban J connectivity index is 1.27. The number of amides is 1. The Morgan fingerprint density at radius 2 is 1.92 bits per heavy atom. The maximum absolute atomic E-state index is 12.3. The molecule has 2 heterocycles. The van der Waals surface area contributed by atoms with Gasteiger partial charge in [-0.1, -0.05) is 29.8 Å². The number of aromatic hydroxyl groups is 1. The van der Waals surface area contributed by atoms with Gasteiger partial charge in [0.15, 0.2) is 6.61 Å². The molecule has 9 nitrogen and oxygen atoms in total. The zero-order chi connectivity index (χ0) is 27.5. The molecule has 1 saturated heterocycles. The summed E-state index contributed by atoms with van der Waals surface area (Å²) in [5, 5.41) is 22.5. The van der Waals surface area contributed by atoms with E-state index in [0.29, 0.717) is 19.6 Å². The average Bonchev–Trinajstić information content (AvgIpc) is 3.22. The number of likely N-dealkylation sites (tertiary alicyclic amines) is 1. The van der Waals surface area contributed by atoms with Crippen LogP contribution in [0.4, 0.5) is 18.9 Å². The maximum atomic E-state index is 12.3. The number of ether oxygens (including phenoxy) is 3. The number of piperidine rings is 1. The topological polar surface area (TPSA) is 118 Å². The third kappa shape index (κ3) is 6.80. The molecule has 0 radical (unpaired) electrons. The van der Waals surface area contributed by atoms with Crippen LogP contribution in [0.15, 0.2) is 36.4 Å². The Morgan fingerprint density at radius 1 is 1.21 bits per heavy atom. The summed E-state index contributed by atoms with van der Waals surface area (Å²) in [5.41, 5.74) is 0.872. The van der Waals surface area contributed by atoms with Gasteiger partial charge in [-0.3, -0.25) is 4.79 Å². The highest BCUT2D eigenvalue weighted by Crippen LogP contribution is 2.41. The average molecular weight is 559 g/mol. The molecule has 3 N–H and O–H groups in total. The van der Waals surface area contributed by atoms with Crippen LogP contribution in [-0.4, -0.2) is 77.7 Å². The zero-order valence-corrected chi connectivity index (χ0v) is 20.8. The molecule has 0 saturated carbocycles. The maximum Gasteiger partial charge on any atom is 0.490 e. The molecule has 206 valence electrons. The van der Waals surface area contributed by atoms with Gasteiger partial charge in [-0.05, 0) is 17.7 Å². The smallest absolute Gasteiger partial charge is 0.490 e. The first-order valence-corrected chi connectivity index (χ1v) is 12.2. The minimum absolute atomic E-state index is 0.0869. The number of nitrogens with one attached hydrogen (secondary N) is 1. The van der Waals surface area contributed by atoms with Crippen molar-refractivity contribution in [3.8, 4) is 17.2 Å². The fourth-order valence-corrected chi connectivity index (χ4v) is 4.65. The third-order valence-electron chi connectivity index (χ3n) is 6.37. The van der Waals surface area contributed by atoms with Crippen LogP contribution in [0.2, 0.25) is 5.02 Å². The largest absolute Gasteiger partial charge is 0.506 e. The molecule has 2 aromatic carbocycles. The van der Waals surface area contributed by atoms with Crippen molar-refractivity contribution in [1.82, 2.24) is 4.90 Å². The number of alkyl halides is 3. The number of aliphatic hydroxyl groups excluding tert-OH is 1. The van der Waals surface area contributed by atoms with E-state index >= 15 is 0 Å². The fourth-order valence-electron chi connectivity index (χ4n) is 4.48. The van der Waals surface area contributed by atoms with E-state index in [4.69, 9.17) is 21.1 Å². The lowest BCUT2D eigenvalue weighted by atomic mass is 9.87. The molecule has 2 aliphatic heterocycles. The second-order valence-electron chi connectivity index (χ2n) is 9.26. The zero-order valence-electron chi connectivity index (χ0n) is 20.1. The summed E-state index contributed by atoms with van der Waals surface area (Å²) in [4.78, 5) is 24.9. The Hall–Kier alpha value is -3.22. The molecule has 1 fully saturated rings. The van der Waals surface area contributed by atoms with Crippen LogP contribution >= 0.6 is 11.6 Å². The standard InChI is InChI=1S/C25H26ClF3N2O7/c26-17-9-18(30-22(34)14-37-23(35)25(27,28)29)21(10-19(17)33)36-13-16(32)12-31-7-5-24(6-8-31)11-15-3-1-2-4-20(15)38-24/h1-4,9-10,16,32-33H,5-8,11-14H2,(H,30,34)/t16-/m1/s1. The van der Waals surface area contributed by atoms with Gasteiger partial charge < -0.3 is 34.6 Å². The first-order chi connectivity index (χ1) is 17.9. The van der Waals surface area contributed by atoms with Crippen LogP contribution < -0.4 is 14.8 Å². The van der Waals surface area contributed by atoms with E-state index in [-0.39, 0.29) is 34.4 Å². The van der Waals surface area contributed by atoms with E-state index < -0.39 is 30.8 Å². The Kier molecular flexibility index (Phi) is 8.24. The predicted molar refractivity (Wildman–Crippen MR) is 129 cm³/mol. The van der Waals surface area contributed by atoms with E-state index in [1.807, 2.05) is 18.2 Å². The number of fused-ring (bicyclic) bond motifs is 1. The van der Waals surface area contributed by atoms with Crippen molar-refractivity contribution in [2.24, 2.45) is 0 Å². The molecule has 13 heteroatoms. The molecule has 1 spiro atoms. The molecule has 0 bridgehead atoms. The van der Waals surface area contributed by atoms with Gasteiger partial charge in [-0.2, -0.15) is 13.2 Å². The number of benzene rings is 2. The quantitative estimate of drug-likeness (QED) is 0.334. The number of anilines is 1. The summed E-state index contributed by atoms with van der Waals surface area (Å²) < 4.78 is 52.5. The fraction of sp³-hybridized carbons (Fsp3) is 0.440. The predicted octanol–water partition coefficient (Wildman–Crippen LogP) is 3.30. The molecule has 38 heavy (non-hydrogen) atoms. The van der Waals surface area contributed by atoms with Crippen LogP contribution in [0.25, 0.3) is 0 Å². The van der Waals surface area contributed by atoms with Crippen LogP contribution in [0.5, 0.6) is 17.2 Å². The number of para-hydroxylation sites is 1. The van der Waals surface area contributed by atoms with E-state index in [1.165, 1.54) is 5.56 Å². The Morgan fingerprint density at radius 3 is 2.61 bits per heavy atom. The number of esters is 1. The summed E-state index contributed by atoms with van der Waals surface area (Å²) in [5.74, 6) is -3.15. The number of carbonyl (C=O) groups is 2. The highest BCUT2D eigenvalue weighted by Gasteiger charge is 2.42. The molecule has 2 aromatic rings. The van der Waals surface area contributed by atoms with Crippen molar-refractivity contribution in [3.05, 3.63) is 47.0 Å². The van der Waals surface area contributed by atoms with Gasteiger partial charge in [0, 0.05) is 45.0 Å². The summed E-state index contributed by atoms with van der Waals surface area (Å²) in [6.07, 6.45) is -3.71. The molecule has 0 aliphatic carbocycles. The van der Waals surface area contributed by atoms with Gasteiger partial charge in [-0.25, -0.2) is 4.79 Å². The molecule has 2 aliphatic rings. The number of nitrogens with zero attached hydrogens (tertiary/aromatic N) is 1. The summed E-state index contributed by atoms with van der Waals surface area (Å²) in [6.45, 7) is 0.313.